The van der Waals surface area contributed by atoms with Crippen LogP contribution in [0, 0.1) is 11.3 Å². The number of rotatable bonds is 1. The summed E-state index contributed by atoms with van der Waals surface area (Å²) in [7, 11) is 0. The van der Waals surface area contributed by atoms with Gasteiger partial charge in [0.1, 0.15) is 6.07 Å². The molecule has 5 heteroatoms. The highest BCUT2D eigenvalue weighted by Crippen LogP contribution is 2.31. The Balaban J connectivity index is 2.02. The van der Waals surface area contributed by atoms with Crippen LogP contribution in [-0.4, -0.2) is 18.1 Å². The number of aromatic amines is 1. The molecule has 0 atom stereocenters. The van der Waals surface area contributed by atoms with Gasteiger partial charge in [0, 0.05) is 29.9 Å². The number of nitrogens with zero attached hydrogens (tertiary/aromatic N) is 2. The number of pyridine rings is 1. The van der Waals surface area contributed by atoms with E-state index < -0.39 is 0 Å². The van der Waals surface area contributed by atoms with E-state index in [0.29, 0.717) is 5.39 Å². The van der Waals surface area contributed by atoms with E-state index in [9.17, 15) is 4.79 Å². The summed E-state index contributed by atoms with van der Waals surface area (Å²) in [4.78, 5) is 17.5. The van der Waals surface area contributed by atoms with Gasteiger partial charge >= 0.3 is 0 Å². The SMILES string of the molecule is N#Cc1cc2c(o1)c(=O)[nH]c1c(N3CCCCC3)cccc12. The molecule has 0 aliphatic carbocycles. The van der Waals surface area contributed by atoms with E-state index in [4.69, 9.17) is 9.68 Å². The third-order valence-corrected chi connectivity index (χ3v) is 4.32. The molecule has 0 unspecified atom stereocenters. The molecule has 1 N–H and O–H groups in total. The Morgan fingerprint density at radius 3 is 2.77 bits per heavy atom. The lowest BCUT2D eigenvalue weighted by Crippen LogP contribution is -2.29. The Labute approximate surface area is 126 Å². The molecular formula is C17H15N3O2. The van der Waals surface area contributed by atoms with Crippen LogP contribution in [0.15, 0.2) is 33.5 Å². The summed E-state index contributed by atoms with van der Waals surface area (Å²) < 4.78 is 5.32. The van der Waals surface area contributed by atoms with Gasteiger partial charge in [-0.15, -0.1) is 0 Å². The van der Waals surface area contributed by atoms with Gasteiger partial charge in [0.25, 0.3) is 5.56 Å². The lowest BCUT2D eigenvalue weighted by atomic mass is 10.1. The Kier molecular flexibility index (Phi) is 2.90. The van der Waals surface area contributed by atoms with E-state index in [2.05, 4.69) is 9.88 Å². The first-order chi connectivity index (χ1) is 10.8. The van der Waals surface area contributed by atoms with Crippen LogP contribution in [0.5, 0.6) is 0 Å². The molecule has 0 radical (unpaired) electrons. The highest BCUT2D eigenvalue weighted by atomic mass is 16.3. The van der Waals surface area contributed by atoms with E-state index >= 15 is 0 Å². The van der Waals surface area contributed by atoms with E-state index in [1.807, 2.05) is 24.3 Å². The van der Waals surface area contributed by atoms with Gasteiger partial charge in [-0.3, -0.25) is 4.79 Å². The van der Waals surface area contributed by atoms with Gasteiger partial charge in [0.2, 0.25) is 11.3 Å². The van der Waals surface area contributed by atoms with Crippen molar-refractivity contribution in [3.8, 4) is 6.07 Å². The number of fused-ring (bicyclic) bond motifs is 3. The van der Waals surface area contributed by atoms with Gasteiger partial charge in [0.05, 0.1) is 11.2 Å². The highest BCUT2D eigenvalue weighted by molar-refractivity contribution is 6.08. The molecule has 110 valence electrons. The number of hydrogen-bond acceptors (Lipinski definition) is 4. The first kappa shape index (κ1) is 13.0. The molecule has 22 heavy (non-hydrogen) atoms. The number of anilines is 1. The first-order valence-electron chi connectivity index (χ1n) is 7.51. The number of furan rings is 1. The van der Waals surface area contributed by atoms with E-state index in [0.717, 1.165) is 29.7 Å². The first-order valence-corrected chi connectivity index (χ1v) is 7.51. The largest absolute Gasteiger partial charge is 0.440 e. The van der Waals surface area contributed by atoms with Crippen LogP contribution >= 0.6 is 0 Å². The summed E-state index contributed by atoms with van der Waals surface area (Å²) in [6.45, 7) is 2.02. The molecule has 1 fully saturated rings. The maximum Gasteiger partial charge on any atom is 0.292 e. The molecule has 1 aliphatic heterocycles. The van der Waals surface area contributed by atoms with Gasteiger partial charge in [-0.25, -0.2) is 0 Å². The third-order valence-electron chi connectivity index (χ3n) is 4.32. The molecule has 3 heterocycles. The Hall–Kier alpha value is -2.74. The van der Waals surface area contributed by atoms with Gasteiger partial charge in [0.15, 0.2) is 0 Å². The number of nitrogens with one attached hydrogen (secondary N) is 1. The van der Waals surface area contributed by atoms with E-state index in [1.54, 1.807) is 6.07 Å². The van der Waals surface area contributed by atoms with E-state index in [1.165, 1.54) is 19.3 Å². The number of benzene rings is 1. The number of aromatic nitrogens is 1. The molecule has 3 aromatic rings. The molecule has 1 saturated heterocycles. The van der Waals surface area contributed by atoms with E-state index in [-0.39, 0.29) is 16.9 Å². The van der Waals surface area contributed by atoms with Crippen LogP contribution in [0.2, 0.25) is 0 Å². The van der Waals surface area contributed by atoms with Gasteiger partial charge in [-0.2, -0.15) is 5.26 Å². The lowest BCUT2D eigenvalue weighted by Gasteiger charge is -2.29. The Bertz CT molecular complexity index is 956. The summed E-state index contributed by atoms with van der Waals surface area (Å²) in [5.74, 6) is 0.163. The van der Waals surface area contributed by atoms with Gasteiger partial charge in [-0.05, 0) is 25.3 Å². The minimum Gasteiger partial charge on any atom is -0.440 e. The molecule has 0 bridgehead atoms. The minimum atomic E-state index is -0.284. The molecule has 5 nitrogen and oxygen atoms in total. The predicted octanol–water partition coefficient (Wildman–Crippen LogP) is 3.14. The van der Waals surface area contributed by atoms with Crippen LogP contribution in [-0.2, 0) is 0 Å². The van der Waals surface area contributed by atoms with Crippen molar-refractivity contribution >= 4 is 27.6 Å². The summed E-state index contributed by atoms with van der Waals surface area (Å²) >= 11 is 0. The monoisotopic (exact) mass is 293 g/mol. The Morgan fingerprint density at radius 2 is 2.00 bits per heavy atom. The number of H-pyrrole nitrogens is 1. The smallest absolute Gasteiger partial charge is 0.292 e. The van der Waals surface area contributed by atoms with Crippen LogP contribution in [0.25, 0.3) is 21.9 Å². The van der Waals surface area contributed by atoms with Crippen molar-refractivity contribution in [3.05, 3.63) is 40.4 Å². The van der Waals surface area contributed by atoms with Crippen molar-refractivity contribution in [3.63, 3.8) is 0 Å². The normalized spacial score (nSPS) is 15.3. The number of piperidine rings is 1. The van der Waals surface area contributed by atoms with Crippen molar-refractivity contribution in [2.45, 2.75) is 19.3 Å². The zero-order valence-corrected chi connectivity index (χ0v) is 12.1. The number of hydrogen-bond donors (Lipinski definition) is 1. The molecule has 0 saturated carbocycles. The highest BCUT2D eigenvalue weighted by Gasteiger charge is 2.17. The lowest BCUT2D eigenvalue weighted by molar-refractivity contribution is 0.578. The topological polar surface area (TPSA) is 73.0 Å². The van der Waals surface area contributed by atoms with Gasteiger partial charge < -0.3 is 14.3 Å². The number of para-hydroxylation sites is 1. The average molecular weight is 293 g/mol. The summed E-state index contributed by atoms with van der Waals surface area (Å²) in [6.07, 6.45) is 3.61. The second kappa shape index (κ2) is 4.92. The molecule has 1 aromatic carbocycles. The van der Waals surface area contributed by atoms with Crippen molar-refractivity contribution < 1.29 is 4.42 Å². The van der Waals surface area contributed by atoms with Gasteiger partial charge in [-0.1, -0.05) is 12.1 Å². The molecule has 0 amide bonds. The fourth-order valence-corrected chi connectivity index (χ4v) is 3.28. The van der Waals surface area contributed by atoms with Crippen LogP contribution in [0.3, 0.4) is 0 Å². The average Bonchev–Trinajstić information content (AvgIpc) is 3.01. The summed E-state index contributed by atoms with van der Waals surface area (Å²) in [5.41, 5.74) is 1.82. The standard InChI is InChI=1S/C17H15N3O2/c18-10-11-9-13-12-5-4-6-14(20-7-2-1-3-8-20)15(12)19-17(21)16(13)22-11/h4-6,9H,1-3,7-8H2,(H,19,21). The minimum absolute atomic E-state index is 0.163. The van der Waals surface area contributed by atoms with Crippen molar-refractivity contribution in [2.75, 3.05) is 18.0 Å². The van der Waals surface area contributed by atoms with Crippen molar-refractivity contribution in [1.29, 1.82) is 5.26 Å². The zero-order valence-electron chi connectivity index (χ0n) is 12.1. The molecule has 1 aliphatic rings. The molecule has 2 aromatic heterocycles. The van der Waals surface area contributed by atoms with Crippen LogP contribution in [0.4, 0.5) is 5.69 Å². The third kappa shape index (κ3) is 1.88. The fourth-order valence-electron chi connectivity index (χ4n) is 3.28. The summed E-state index contributed by atoms with van der Waals surface area (Å²) in [5, 5.41) is 10.6. The molecule has 4 rings (SSSR count). The maximum absolute atomic E-state index is 12.3. The fraction of sp³-hybridized carbons (Fsp3) is 0.294. The molecular weight excluding hydrogens is 278 g/mol. The summed E-state index contributed by atoms with van der Waals surface area (Å²) in [6, 6.07) is 9.59. The quantitative estimate of drug-likeness (QED) is 0.748. The maximum atomic E-state index is 12.3. The Morgan fingerprint density at radius 1 is 1.18 bits per heavy atom. The second-order valence-electron chi connectivity index (χ2n) is 5.67. The van der Waals surface area contributed by atoms with Crippen molar-refractivity contribution in [1.82, 2.24) is 4.98 Å². The van der Waals surface area contributed by atoms with Crippen LogP contribution < -0.4 is 10.5 Å². The van der Waals surface area contributed by atoms with Crippen LogP contribution in [0.1, 0.15) is 25.0 Å². The zero-order chi connectivity index (χ0) is 15.1. The number of nitriles is 1. The molecule has 0 spiro atoms. The second-order valence-corrected chi connectivity index (χ2v) is 5.67. The van der Waals surface area contributed by atoms with Crippen molar-refractivity contribution in [2.24, 2.45) is 0 Å². The predicted molar refractivity (Wildman–Crippen MR) is 85.1 cm³/mol.